The van der Waals surface area contributed by atoms with Crippen LogP contribution in [0.3, 0.4) is 0 Å². The Morgan fingerprint density at radius 2 is 1.86 bits per heavy atom. The van der Waals surface area contributed by atoms with Gasteiger partial charge in [-0.25, -0.2) is 4.79 Å². The molecule has 0 aliphatic rings. The molecule has 0 bridgehead atoms. The first kappa shape index (κ1) is 21.9. The molecule has 2 atom stereocenters. The fourth-order valence-corrected chi connectivity index (χ4v) is 2.74. The highest BCUT2D eigenvalue weighted by Crippen LogP contribution is 2.28. The highest BCUT2D eigenvalue weighted by Gasteiger charge is 2.23. The lowest BCUT2D eigenvalue weighted by molar-refractivity contribution is -0.385. The smallest absolute Gasteiger partial charge is 0.339 e. The van der Waals surface area contributed by atoms with Crippen LogP contribution in [0.5, 0.6) is 5.75 Å². The lowest BCUT2D eigenvalue weighted by Gasteiger charge is -2.18. The molecule has 2 aromatic rings. The fourth-order valence-electron chi connectivity index (χ4n) is 2.74. The molecule has 8 nitrogen and oxygen atoms in total. The van der Waals surface area contributed by atoms with Crippen molar-refractivity contribution in [1.29, 1.82) is 0 Å². The number of para-hydroxylation sites is 1. The van der Waals surface area contributed by atoms with Crippen molar-refractivity contribution in [3.8, 4) is 5.75 Å². The van der Waals surface area contributed by atoms with Crippen LogP contribution in [0.2, 0.25) is 0 Å². The van der Waals surface area contributed by atoms with Gasteiger partial charge in [0, 0.05) is 11.8 Å². The van der Waals surface area contributed by atoms with Crippen LogP contribution in [0.4, 0.5) is 11.4 Å². The largest absolute Gasteiger partial charge is 0.490 e. The molecular weight excluding hydrogens is 376 g/mol. The molecule has 0 spiro atoms. The van der Waals surface area contributed by atoms with Crippen LogP contribution in [0.25, 0.3) is 0 Å². The number of benzene rings is 2. The predicted octanol–water partition coefficient (Wildman–Crippen LogP) is 4.30. The number of carbonyl (C=O) groups excluding carboxylic acids is 2. The Bertz CT molecular complexity index is 912. The summed E-state index contributed by atoms with van der Waals surface area (Å²) in [5.74, 6) is -1.05. The molecule has 0 unspecified atom stereocenters. The first-order chi connectivity index (χ1) is 13.8. The summed E-state index contributed by atoms with van der Waals surface area (Å²) in [6.07, 6.45) is -0.179. The molecule has 0 radical (unpaired) electrons. The normalized spacial score (nSPS) is 12.6. The van der Waals surface area contributed by atoms with Gasteiger partial charge in [-0.2, -0.15) is 0 Å². The van der Waals surface area contributed by atoms with Gasteiger partial charge in [-0.05, 0) is 43.0 Å². The minimum absolute atomic E-state index is 0.0268. The highest BCUT2D eigenvalue weighted by molar-refractivity contribution is 5.98. The molecule has 0 saturated carbocycles. The van der Waals surface area contributed by atoms with E-state index in [1.54, 1.807) is 6.07 Å². The average Bonchev–Trinajstić information content (AvgIpc) is 2.72. The van der Waals surface area contributed by atoms with E-state index < -0.39 is 22.9 Å². The fraction of sp³-hybridized carbons (Fsp3) is 0.333. The van der Waals surface area contributed by atoms with E-state index in [0.717, 1.165) is 18.1 Å². The van der Waals surface area contributed by atoms with Gasteiger partial charge < -0.3 is 14.8 Å². The van der Waals surface area contributed by atoms with E-state index in [0.29, 0.717) is 5.69 Å². The van der Waals surface area contributed by atoms with Gasteiger partial charge in [0.2, 0.25) is 0 Å². The lowest BCUT2D eigenvalue weighted by Crippen LogP contribution is -2.30. The second-order valence-electron chi connectivity index (χ2n) is 6.58. The maximum atomic E-state index is 12.5. The van der Waals surface area contributed by atoms with Crippen molar-refractivity contribution in [1.82, 2.24) is 0 Å². The van der Waals surface area contributed by atoms with Crippen LogP contribution in [-0.2, 0) is 9.53 Å². The van der Waals surface area contributed by atoms with Crippen molar-refractivity contribution in [2.75, 3.05) is 12.4 Å². The van der Waals surface area contributed by atoms with Crippen LogP contribution in [0.15, 0.2) is 42.5 Å². The standard InChI is InChI=1S/C21H24N2O6/c1-5-13(2)16-8-6-7-9-17(16)22-20(24)14(3)29-21(25)15-10-11-19(28-4)18(12-15)23(26)27/h6-14H,5H2,1-4H3,(H,22,24)/t13-,14-/m0/s1. The maximum Gasteiger partial charge on any atom is 0.339 e. The minimum Gasteiger partial charge on any atom is -0.490 e. The molecule has 1 N–H and O–H groups in total. The molecule has 0 aliphatic heterocycles. The molecule has 0 saturated heterocycles. The molecule has 2 rings (SSSR count). The van der Waals surface area contributed by atoms with Gasteiger partial charge in [0.15, 0.2) is 11.9 Å². The van der Waals surface area contributed by atoms with Crippen molar-refractivity contribution in [2.24, 2.45) is 0 Å². The van der Waals surface area contributed by atoms with E-state index in [2.05, 4.69) is 19.2 Å². The molecule has 154 valence electrons. The van der Waals surface area contributed by atoms with Crippen molar-refractivity contribution in [3.63, 3.8) is 0 Å². The first-order valence-electron chi connectivity index (χ1n) is 9.21. The van der Waals surface area contributed by atoms with Crippen LogP contribution in [0, 0.1) is 10.1 Å². The number of carbonyl (C=O) groups is 2. The van der Waals surface area contributed by atoms with Crippen molar-refractivity contribution in [3.05, 3.63) is 63.7 Å². The van der Waals surface area contributed by atoms with Crippen LogP contribution in [-0.4, -0.2) is 30.0 Å². The number of ether oxygens (including phenoxy) is 2. The van der Waals surface area contributed by atoms with E-state index in [1.165, 1.54) is 26.2 Å². The van der Waals surface area contributed by atoms with E-state index in [4.69, 9.17) is 9.47 Å². The van der Waals surface area contributed by atoms with Crippen molar-refractivity contribution < 1.29 is 24.0 Å². The molecule has 8 heteroatoms. The summed E-state index contributed by atoms with van der Waals surface area (Å²) in [6, 6.07) is 11.2. The predicted molar refractivity (Wildman–Crippen MR) is 108 cm³/mol. The number of nitro groups is 1. The average molecular weight is 400 g/mol. The number of nitrogens with zero attached hydrogens (tertiary/aromatic N) is 1. The molecular formula is C21H24N2O6. The van der Waals surface area contributed by atoms with E-state index in [1.807, 2.05) is 18.2 Å². The number of nitrogens with one attached hydrogen (secondary N) is 1. The topological polar surface area (TPSA) is 108 Å². The monoisotopic (exact) mass is 400 g/mol. The number of anilines is 1. The summed E-state index contributed by atoms with van der Waals surface area (Å²) < 4.78 is 10.1. The van der Waals surface area contributed by atoms with E-state index in [-0.39, 0.29) is 22.9 Å². The highest BCUT2D eigenvalue weighted by atomic mass is 16.6. The van der Waals surface area contributed by atoms with Gasteiger partial charge >= 0.3 is 11.7 Å². The molecule has 0 heterocycles. The Kier molecular flexibility index (Phi) is 7.30. The number of amides is 1. The Balaban J connectivity index is 2.11. The number of hydrogen-bond donors (Lipinski definition) is 1. The van der Waals surface area contributed by atoms with Crippen LogP contribution >= 0.6 is 0 Å². The Labute approximate surface area is 169 Å². The number of esters is 1. The Morgan fingerprint density at radius 3 is 2.48 bits per heavy atom. The maximum absolute atomic E-state index is 12.5. The number of hydrogen-bond acceptors (Lipinski definition) is 6. The van der Waals surface area contributed by atoms with Gasteiger partial charge in [-0.15, -0.1) is 0 Å². The van der Waals surface area contributed by atoms with E-state index in [9.17, 15) is 19.7 Å². The zero-order chi connectivity index (χ0) is 21.6. The van der Waals surface area contributed by atoms with Crippen LogP contribution < -0.4 is 10.1 Å². The molecule has 0 aromatic heterocycles. The van der Waals surface area contributed by atoms with Gasteiger partial charge in [0.05, 0.1) is 17.6 Å². The second-order valence-corrected chi connectivity index (χ2v) is 6.58. The number of rotatable bonds is 8. The molecule has 1 amide bonds. The summed E-state index contributed by atoms with van der Waals surface area (Å²) in [5.41, 5.74) is 1.25. The van der Waals surface area contributed by atoms with Crippen molar-refractivity contribution in [2.45, 2.75) is 39.2 Å². The third-order valence-electron chi connectivity index (χ3n) is 4.63. The summed E-state index contributed by atoms with van der Waals surface area (Å²) in [4.78, 5) is 35.3. The molecule has 29 heavy (non-hydrogen) atoms. The second kappa shape index (κ2) is 9.68. The van der Waals surface area contributed by atoms with Gasteiger partial charge in [0.1, 0.15) is 0 Å². The zero-order valence-electron chi connectivity index (χ0n) is 16.8. The first-order valence-corrected chi connectivity index (χ1v) is 9.21. The Hall–Kier alpha value is -3.42. The lowest BCUT2D eigenvalue weighted by atomic mass is 9.97. The molecule has 0 fully saturated rings. The summed E-state index contributed by atoms with van der Waals surface area (Å²) in [5, 5.41) is 13.9. The molecule has 2 aromatic carbocycles. The summed E-state index contributed by atoms with van der Waals surface area (Å²) >= 11 is 0. The Morgan fingerprint density at radius 1 is 1.17 bits per heavy atom. The molecule has 0 aliphatic carbocycles. The van der Waals surface area contributed by atoms with Crippen LogP contribution in [0.1, 0.15) is 49.0 Å². The zero-order valence-corrected chi connectivity index (χ0v) is 16.8. The van der Waals surface area contributed by atoms with Crippen molar-refractivity contribution >= 4 is 23.3 Å². The van der Waals surface area contributed by atoms with E-state index >= 15 is 0 Å². The third-order valence-corrected chi connectivity index (χ3v) is 4.63. The van der Waals surface area contributed by atoms with Gasteiger partial charge in [0.25, 0.3) is 5.91 Å². The van der Waals surface area contributed by atoms with Gasteiger partial charge in [-0.1, -0.05) is 32.0 Å². The van der Waals surface area contributed by atoms with Gasteiger partial charge in [-0.3, -0.25) is 14.9 Å². The quantitative estimate of drug-likeness (QED) is 0.402. The summed E-state index contributed by atoms with van der Waals surface area (Å²) in [6.45, 7) is 5.56. The SMILES string of the molecule is CC[C@H](C)c1ccccc1NC(=O)[C@H](C)OC(=O)c1ccc(OC)c([N+](=O)[O-])c1. The summed E-state index contributed by atoms with van der Waals surface area (Å²) in [7, 11) is 1.30. The minimum atomic E-state index is -1.09. The third kappa shape index (κ3) is 5.31. The number of nitro benzene ring substituents is 1. The number of methoxy groups -OCH3 is 1.